The maximum atomic E-state index is 13.3. The first-order valence-corrected chi connectivity index (χ1v) is 9.88. The van der Waals surface area contributed by atoms with Crippen LogP contribution in [0.15, 0.2) is 47.4 Å². The average molecular weight is 417 g/mol. The van der Waals surface area contributed by atoms with Crippen molar-refractivity contribution in [3.8, 4) is 5.75 Å². The Labute approximate surface area is 165 Å². The van der Waals surface area contributed by atoms with Crippen molar-refractivity contribution in [1.29, 1.82) is 0 Å². The Bertz CT molecular complexity index is 874. The van der Waals surface area contributed by atoms with Crippen molar-refractivity contribution in [3.63, 3.8) is 0 Å². The monoisotopic (exact) mass is 416 g/mol. The minimum absolute atomic E-state index is 0. The number of rotatable bonds is 4. The van der Waals surface area contributed by atoms with E-state index in [2.05, 4.69) is 5.32 Å². The van der Waals surface area contributed by atoms with E-state index in [1.54, 1.807) is 25.3 Å². The predicted octanol–water partition coefficient (Wildman–Crippen LogP) is 3.41. The van der Waals surface area contributed by atoms with Crippen LogP contribution in [0.1, 0.15) is 17.2 Å². The molecular weight excluding hydrogens is 395 g/mol. The number of ether oxygens (including phenoxy) is 1. The summed E-state index contributed by atoms with van der Waals surface area (Å²) in [6.45, 7) is 3.36. The van der Waals surface area contributed by atoms with Gasteiger partial charge in [0, 0.05) is 25.2 Å². The summed E-state index contributed by atoms with van der Waals surface area (Å²) >= 11 is 6.24. The van der Waals surface area contributed by atoms with Crippen molar-refractivity contribution < 1.29 is 13.2 Å². The normalized spacial score (nSPS) is 18.2. The summed E-state index contributed by atoms with van der Waals surface area (Å²) in [4.78, 5) is 0.140. The Morgan fingerprint density at radius 3 is 2.65 bits per heavy atom. The van der Waals surface area contributed by atoms with Crippen molar-refractivity contribution in [2.45, 2.75) is 17.9 Å². The highest BCUT2D eigenvalue weighted by atomic mass is 35.5. The van der Waals surface area contributed by atoms with Crippen LogP contribution in [0.3, 0.4) is 0 Å². The third-order valence-corrected chi connectivity index (χ3v) is 6.76. The number of nitrogens with one attached hydrogen (secondary N) is 1. The van der Waals surface area contributed by atoms with Crippen molar-refractivity contribution in [2.24, 2.45) is 0 Å². The summed E-state index contributed by atoms with van der Waals surface area (Å²) in [5, 5.41) is 3.51. The molecule has 0 amide bonds. The maximum Gasteiger partial charge on any atom is 0.245 e. The molecule has 0 aliphatic carbocycles. The molecule has 1 aliphatic rings. The van der Waals surface area contributed by atoms with E-state index in [9.17, 15) is 8.42 Å². The number of para-hydroxylation sites is 1. The lowest BCUT2D eigenvalue weighted by Crippen LogP contribution is -2.48. The third-order valence-electron chi connectivity index (χ3n) is 4.37. The van der Waals surface area contributed by atoms with E-state index in [1.165, 1.54) is 4.31 Å². The molecule has 1 atom stereocenters. The van der Waals surface area contributed by atoms with E-state index in [-0.39, 0.29) is 28.4 Å². The number of methoxy groups -OCH3 is 1. The van der Waals surface area contributed by atoms with Gasteiger partial charge in [0.15, 0.2) is 0 Å². The van der Waals surface area contributed by atoms with Gasteiger partial charge in [-0.3, -0.25) is 0 Å². The average Bonchev–Trinajstić information content (AvgIpc) is 2.61. The Hall–Kier alpha value is -1.31. The number of halogens is 2. The highest BCUT2D eigenvalue weighted by molar-refractivity contribution is 7.89. The quantitative estimate of drug-likeness (QED) is 0.829. The molecule has 2 aromatic carbocycles. The first kappa shape index (κ1) is 21.0. The lowest BCUT2D eigenvalue weighted by Gasteiger charge is -2.36. The Morgan fingerprint density at radius 2 is 1.96 bits per heavy atom. The summed E-state index contributed by atoms with van der Waals surface area (Å²) in [6.07, 6.45) is 0. The maximum absolute atomic E-state index is 13.3. The number of sulfonamides is 1. The number of aryl methyl sites for hydroxylation is 1. The largest absolute Gasteiger partial charge is 0.496 e. The van der Waals surface area contributed by atoms with E-state index in [1.807, 2.05) is 31.2 Å². The van der Waals surface area contributed by atoms with Gasteiger partial charge in [-0.25, -0.2) is 8.42 Å². The van der Waals surface area contributed by atoms with Crippen LogP contribution in [0.25, 0.3) is 0 Å². The summed E-state index contributed by atoms with van der Waals surface area (Å²) in [5.41, 5.74) is 1.76. The molecule has 3 rings (SSSR count). The molecule has 26 heavy (non-hydrogen) atoms. The topological polar surface area (TPSA) is 58.6 Å². The van der Waals surface area contributed by atoms with E-state index in [4.69, 9.17) is 16.3 Å². The van der Waals surface area contributed by atoms with Gasteiger partial charge >= 0.3 is 0 Å². The van der Waals surface area contributed by atoms with Gasteiger partial charge in [-0.15, -0.1) is 12.4 Å². The van der Waals surface area contributed by atoms with Gasteiger partial charge in [-0.2, -0.15) is 4.31 Å². The third kappa shape index (κ3) is 4.00. The van der Waals surface area contributed by atoms with Crippen molar-refractivity contribution in [1.82, 2.24) is 9.62 Å². The molecule has 0 saturated carbocycles. The molecule has 1 fully saturated rings. The SMILES string of the molecule is COc1ccccc1C1CNCCN1S(=O)(=O)c1ccc(C)cc1Cl.Cl. The zero-order valence-corrected chi connectivity index (χ0v) is 17.0. The Kier molecular flexibility index (Phi) is 6.93. The van der Waals surface area contributed by atoms with Crippen LogP contribution in [-0.2, 0) is 10.0 Å². The molecule has 1 unspecified atom stereocenters. The molecule has 0 bridgehead atoms. The smallest absolute Gasteiger partial charge is 0.245 e. The molecule has 8 heteroatoms. The van der Waals surface area contributed by atoms with Gasteiger partial charge in [0.05, 0.1) is 18.2 Å². The van der Waals surface area contributed by atoms with E-state index < -0.39 is 10.0 Å². The number of hydrogen-bond acceptors (Lipinski definition) is 4. The zero-order chi connectivity index (χ0) is 18.0. The predicted molar refractivity (Wildman–Crippen MR) is 106 cm³/mol. The fourth-order valence-corrected chi connectivity index (χ4v) is 5.30. The van der Waals surface area contributed by atoms with Crippen molar-refractivity contribution in [3.05, 3.63) is 58.6 Å². The van der Waals surface area contributed by atoms with Crippen LogP contribution in [-0.4, -0.2) is 39.5 Å². The molecule has 1 N–H and O–H groups in total. The minimum Gasteiger partial charge on any atom is -0.496 e. The molecule has 1 aliphatic heterocycles. The van der Waals surface area contributed by atoms with Gasteiger partial charge in [-0.05, 0) is 30.7 Å². The number of benzene rings is 2. The Morgan fingerprint density at radius 1 is 1.23 bits per heavy atom. The second-order valence-electron chi connectivity index (χ2n) is 6.01. The van der Waals surface area contributed by atoms with Crippen LogP contribution in [0.2, 0.25) is 5.02 Å². The zero-order valence-electron chi connectivity index (χ0n) is 14.6. The molecule has 0 spiro atoms. The van der Waals surface area contributed by atoms with Gasteiger partial charge in [0.1, 0.15) is 10.6 Å². The van der Waals surface area contributed by atoms with Gasteiger partial charge < -0.3 is 10.1 Å². The number of nitrogens with zero attached hydrogens (tertiary/aromatic N) is 1. The summed E-state index contributed by atoms with van der Waals surface area (Å²) < 4.78 is 33.5. The molecule has 2 aromatic rings. The second-order valence-corrected chi connectivity index (χ2v) is 8.28. The van der Waals surface area contributed by atoms with Crippen LogP contribution < -0.4 is 10.1 Å². The van der Waals surface area contributed by atoms with Crippen molar-refractivity contribution >= 4 is 34.0 Å². The highest BCUT2D eigenvalue weighted by Crippen LogP contribution is 2.35. The molecule has 0 radical (unpaired) electrons. The molecule has 1 saturated heterocycles. The number of hydrogen-bond donors (Lipinski definition) is 1. The Balaban J connectivity index is 0.00000243. The standard InChI is InChI=1S/C18H21ClN2O3S.ClH/c1-13-7-8-18(15(19)11-13)25(22,23)21-10-9-20-12-16(21)14-5-3-4-6-17(14)24-2;/h3-8,11,16,20H,9-10,12H2,1-2H3;1H. The highest BCUT2D eigenvalue weighted by Gasteiger charge is 2.36. The first-order chi connectivity index (χ1) is 11.9. The molecule has 5 nitrogen and oxygen atoms in total. The van der Waals surface area contributed by atoms with Crippen LogP contribution >= 0.6 is 24.0 Å². The van der Waals surface area contributed by atoms with E-state index >= 15 is 0 Å². The number of piperazine rings is 1. The van der Waals surface area contributed by atoms with Crippen LogP contribution in [0, 0.1) is 6.92 Å². The first-order valence-electron chi connectivity index (χ1n) is 8.07. The van der Waals surface area contributed by atoms with Gasteiger partial charge in [-0.1, -0.05) is 35.9 Å². The lowest BCUT2D eigenvalue weighted by molar-refractivity contribution is 0.264. The summed E-state index contributed by atoms with van der Waals surface area (Å²) in [5.74, 6) is 0.673. The summed E-state index contributed by atoms with van der Waals surface area (Å²) in [7, 11) is -2.14. The molecule has 1 heterocycles. The molecule has 0 aromatic heterocycles. The van der Waals surface area contributed by atoms with Crippen molar-refractivity contribution in [2.75, 3.05) is 26.7 Å². The second kappa shape index (κ2) is 8.59. The fraction of sp³-hybridized carbons (Fsp3) is 0.333. The summed E-state index contributed by atoms with van der Waals surface area (Å²) in [6, 6.07) is 12.2. The minimum atomic E-state index is -3.73. The van der Waals surface area contributed by atoms with Gasteiger partial charge in [0.25, 0.3) is 0 Å². The van der Waals surface area contributed by atoms with E-state index in [0.29, 0.717) is 25.4 Å². The fourth-order valence-electron chi connectivity index (χ4n) is 3.12. The van der Waals surface area contributed by atoms with Crippen LogP contribution in [0.5, 0.6) is 5.75 Å². The van der Waals surface area contributed by atoms with Crippen LogP contribution in [0.4, 0.5) is 0 Å². The van der Waals surface area contributed by atoms with E-state index in [0.717, 1.165) is 11.1 Å². The lowest BCUT2D eigenvalue weighted by atomic mass is 10.0. The molecule has 142 valence electrons. The van der Waals surface area contributed by atoms with Gasteiger partial charge in [0.2, 0.25) is 10.0 Å². The molecular formula is C18H22Cl2N2O3S.